The lowest BCUT2D eigenvalue weighted by molar-refractivity contribution is -0.119. The number of benzene rings is 1. The first-order valence-corrected chi connectivity index (χ1v) is 6.33. The van der Waals surface area contributed by atoms with E-state index in [1.807, 2.05) is 26.8 Å². The van der Waals surface area contributed by atoms with Gasteiger partial charge in [-0.05, 0) is 24.5 Å². The van der Waals surface area contributed by atoms with Gasteiger partial charge >= 0.3 is 0 Å². The van der Waals surface area contributed by atoms with Crippen LogP contribution in [-0.2, 0) is 4.79 Å². The average molecular weight is 281 g/mol. The highest BCUT2D eigenvalue weighted by atomic mass is 35.5. The highest BCUT2D eigenvalue weighted by Crippen LogP contribution is 2.31. The Bertz CT molecular complexity index is 521. The largest absolute Gasteiger partial charge is 0.495 e. The summed E-state index contributed by atoms with van der Waals surface area (Å²) in [6.07, 6.45) is 0. The van der Waals surface area contributed by atoms with Crippen molar-refractivity contribution in [1.29, 1.82) is 5.26 Å². The Labute approximate surface area is 118 Å². The second-order valence-corrected chi connectivity index (χ2v) is 5.05. The zero-order valence-corrected chi connectivity index (χ0v) is 12.2. The maximum atomic E-state index is 12.0. The fourth-order valence-electron chi connectivity index (χ4n) is 1.65. The molecule has 0 fully saturated rings. The van der Waals surface area contributed by atoms with Crippen LogP contribution in [-0.4, -0.2) is 13.0 Å². The Kier molecular flexibility index (Phi) is 5.20. The van der Waals surface area contributed by atoms with Crippen molar-refractivity contribution < 1.29 is 9.53 Å². The third-order valence-electron chi connectivity index (χ3n) is 2.83. The van der Waals surface area contributed by atoms with Crippen LogP contribution in [0.25, 0.3) is 0 Å². The maximum absolute atomic E-state index is 12.0. The van der Waals surface area contributed by atoms with E-state index in [2.05, 4.69) is 5.32 Å². The topological polar surface area (TPSA) is 62.1 Å². The molecule has 0 aliphatic carbocycles. The Morgan fingerprint density at radius 1 is 1.47 bits per heavy atom. The quantitative estimate of drug-likeness (QED) is 0.919. The second kappa shape index (κ2) is 6.44. The Balaban J connectivity index is 3.03. The number of nitrogens with one attached hydrogen (secondary N) is 1. The van der Waals surface area contributed by atoms with Crippen molar-refractivity contribution in [2.45, 2.75) is 20.8 Å². The number of nitriles is 1. The van der Waals surface area contributed by atoms with E-state index in [0.717, 1.165) is 5.56 Å². The number of nitrogens with zero attached hydrogens (tertiary/aromatic N) is 1. The number of ether oxygens (including phenoxy) is 1. The fraction of sp³-hybridized carbons (Fsp3) is 0.429. The SMILES string of the molecule is COc1cc(Cl)c(C)cc1NC(=O)C(C#N)C(C)C. The van der Waals surface area contributed by atoms with E-state index in [4.69, 9.17) is 21.6 Å². The van der Waals surface area contributed by atoms with Gasteiger partial charge in [0.15, 0.2) is 0 Å². The van der Waals surface area contributed by atoms with Gasteiger partial charge in [0.25, 0.3) is 0 Å². The number of anilines is 1. The molecule has 0 aliphatic heterocycles. The third kappa shape index (κ3) is 3.62. The van der Waals surface area contributed by atoms with Gasteiger partial charge in [0.05, 0.1) is 18.9 Å². The van der Waals surface area contributed by atoms with Gasteiger partial charge in [-0.25, -0.2) is 0 Å². The maximum Gasteiger partial charge on any atom is 0.242 e. The van der Waals surface area contributed by atoms with Crippen molar-refractivity contribution >= 4 is 23.2 Å². The number of amides is 1. The lowest BCUT2D eigenvalue weighted by atomic mass is 9.96. The van der Waals surface area contributed by atoms with Crippen LogP contribution >= 0.6 is 11.6 Å². The molecular weight excluding hydrogens is 264 g/mol. The van der Waals surface area contributed by atoms with E-state index in [1.54, 1.807) is 12.1 Å². The van der Waals surface area contributed by atoms with Gasteiger partial charge in [0, 0.05) is 11.1 Å². The number of rotatable bonds is 4. The van der Waals surface area contributed by atoms with E-state index < -0.39 is 5.92 Å². The van der Waals surface area contributed by atoms with E-state index in [0.29, 0.717) is 16.5 Å². The summed E-state index contributed by atoms with van der Waals surface area (Å²) in [7, 11) is 1.50. The zero-order chi connectivity index (χ0) is 14.6. The molecule has 102 valence electrons. The summed E-state index contributed by atoms with van der Waals surface area (Å²) in [5, 5.41) is 12.3. The van der Waals surface area contributed by atoms with Crippen molar-refractivity contribution in [2.24, 2.45) is 11.8 Å². The molecule has 0 radical (unpaired) electrons. The number of methoxy groups -OCH3 is 1. The second-order valence-electron chi connectivity index (χ2n) is 4.64. The molecule has 0 saturated carbocycles. The molecule has 19 heavy (non-hydrogen) atoms. The first-order chi connectivity index (χ1) is 8.90. The molecule has 0 saturated heterocycles. The summed E-state index contributed by atoms with van der Waals surface area (Å²) in [5.74, 6) is -0.605. The number of hydrogen-bond acceptors (Lipinski definition) is 3. The van der Waals surface area contributed by atoms with E-state index in [9.17, 15) is 4.79 Å². The van der Waals surface area contributed by atoms with Crippen molar-refractivity contribution in [2.75, 3.05) is 12.4 Å². The van der Waals surface area contributed by atoms with Crippen LogP contribution < -0.4 is 10.1 Å². The van der Waals surface area contributed by atoms with E-state index in [1.165, 1.54) is 7.11 Å². The molecule has 0 bridgehead atoms. The number of aryl methyl sites for hydroxylation is 1. The summed E-state index contributed by atoms with van der Waals surface area (Å²) < 4.78 is 5.17. The van der Waals surface area contributed by atoms with Crippen molar-refractivity contribution in [3.05, 3.63) is 22.7 Å². The molecule has 0 heterocycles. The lowest BCUT2D eigenvalue weighted by Gasteiger charge is -2.16. The summed E-state index contributed by atoms with van der Waals surface area (Å²) >= 11 is 6.00. The predicted octanol–water partition coefficient (Wildman–Crippen LogP) is 3.39. The van der Waals surface area contributed by atoms with Crippen molar-refractivity contribution in [3.8, 4) is 11.8 Å². The highest BCUT2D eigenvalue weighted by molar-refractivity contribution is 6.31. The van der Waals surface area contributed by atoms with E-state index >= 15 is 0 Å². The smallest absolute Gasteiger partial charge is 0.242 e. The van der Waals surface area contributed by atoms with Crippen LogP contribution in [0.2, 0.25) is 5.02 Å². The monoisotopic (exact) mass is 280 g/mol. The van der Waals surface area contributed by atoms with Crippen LogP contribution in [0.4, 0.5) is 5.69 Å². The van der Waals surface area contributed by atoms with Gasteiger partial charge in [-0.2, -0.15) is 5.26 Å². The number of hydrogen-bond donors (Lipinski definition) is 1. The van der Waals surface area contributed by atoms with Crippen LogP contribution in [0.5, 0.6) is 5.75 Å². The molecule has 1 aromatic rings. The molecule has 1 aromatic carbocycles. The van der Waals surface area contributed by atoms with Crippen LogP contribution in [0.3, 0.4) is 0 Å². The summed E-state index contributed by atoms with van der Waals surface area (Å²) in [6.45, 7) is 5.50. The Morgan fingerprint density at radius 3 is 2.58 bits per heavy atom. The summed E-state index contributed by atoms with van der Waals surface area (Å²) in [5.41, 5.74) is 1.35. The minimum absolute atomic E-state index is 0.0515. The molecule has 4 nitrogen and oxygen atoms in total. The molecular formula is C14H17ClN2O2. The standard InChI is InChI=1S/C14H17ClN2O2/c1-8(2)10(7-16)14(18)17-12-5-9(3)11(15)6-13(12)19-4/h5-6,8,10H,1-4H3,(H,17,18). The van der Waals surface area contributed by atoms with Gasteiger partial charge in [-0.1, -0.05) is 25.4 Å². The molecule has 1 unspecified atom stereocenters. The minimum Gasteiger partial charge on any atom is -0.495 e. The predicted molar refractivity (Wildman–Crippen MR) is 75.3 cm³/mol. The van der Waals surface area contributed by atoms with Gasteiger partial charge in [-0.3, -0.25) is 4.79 Å². The first kappa shape index (κ1) is 15.3. The van der Waals surface area contributed by atoms with Gasteiger partial charge in [-0.15, -0.1) is 0 Å². The molecule has 0 spiro atoms. The number of carbonyl (C=O) groups is 1. The Morgan fingerprint density at radius 2 is 2.11 bits per heavy atom. The average Bonchev–Trinajstić information content (AvgIpc) is 2.33. The molecule has 5 heteroatoms. The third-order valence-corrected chi connectivity index (χ3v) is 3.23. The molecule has 1 atom stereocenters. The van der Waals surface area contributed by atoms with Crippen LogP contribution in [0, 0.1) is 30.1 Å². The first-order valence-electron chi connectivity index (χ1n) is 5.95. The van der Waals surface area contributed by atoms with E-state index in [-0.39, 0.29) is 11.8 Å². The number of carbonyl (C=O) groups excluding carboxylic acids is 1. The minimum atomic E-state index is -0.694. The molecule has 1 rings (SSSR count). The van der Waals surface area contributed by atoms with Crippen molar-refractivity contribution in [3.63, 3.8) is 0 Å². The van der Waals surface area contributed by atoms with Gasteiger partial charge in [0.1, 0.15) is 11.7 Å². The van der Waals surface area contributed by atoms with Crippen molar-refractivity contribution in [1.82, 2.24) is 0 Å². The molecule has 0 aromatic heterocycles. The molecule has 1 N–H and O–H groups in total. The number of halogens is 1. The zero-order valence-electron chi connectivity index (χ0n) is 11.5. The molecule has 1 amide bonds. The lowest BCUT2D eigenvalue weighted by Crippen LogP contribution is -2.25. The normalized spacial score (nSPS) is 11.8. The van der Waals surface area contributed by atoms with Crippen LogP contribution in [0.15, 0.2) is 12.1 Å². The Hall–Kier alpha value is -1.73. The van der Waals surface area contributed by atoms with Gasteiger partial charge in [0.2, 0.25) is 5.91 Å². The highest BCUT2D eigenvalue weighted by Gasteiger charge is 2.22. The van der Waals surface area contributed by atoms with Crippen LogP contribution in [0.1, 0.15) is 19.4 Å². The fourth-order valence-corrected chi connectivity index (χ4v) is 1.80. The molecule has 0 aliphatic rings. The summed E-state index contributed by atoms with van der Waals surface area (Å²) in [6, 6.07) is 5.38. The van der Waals surface area contributed by atoms with Gasteiger partial charge < -0.3 is 10.1 Å². The summed E-state index contributed by atoms with van der Waals surface area (Å²) in [4.78, 5) is 12.0.